The molecule has 2 unspecified atom stereocenters. The van der Waals surface area contributed by atoms with E-state index in [1.807, 2.05) is 18.2 Å². The van der Waals surface area contributed by atoms with Gasteiger partial charge in [0, 0.05) is 11.6 Å². The summed E-state index contributed by atoms with van der Waals surface area (Å²) in [5, 5.41) is 7.68. The number of aromatic nitrogens is 2. The number of benzene rings is 1. The van der Waals surface area contributed by atoms with E-state index >= 15 is 0 Å². The Labute approximate surface area is 127 Å². The lowest BCUT2D eigenvalue weighted by molar-refractivity contribution is 0.316. The van der Waals surface area contributed by atoms with Crippen LogP contribution in [0.1, 0.15) is 51.0 Å². The van der Waals surface area contributed by atoms with Crippen LogP contribution in [0.25, 0.3) is 11.4 Å². The van der Waals surface area contributed by atoms with E-state index in [0.29, 0.717) is 11.9 Å². The quantitative estimate of drug-likeness (QED) is 0.838. The molecule has 0 amide bonds. The lowest BCUT2D eigenvalue weighted by Gasteiger charge is -2.20. The van der Waals surface area contributed by atoms with E-state index in [0.717, 1.165) is 36.4 Å². The fraction of sp³-hybridized carbons (Fsp3) is 0.529. The maximum atomic E-state index is 5.53. The van der Waals surface area contributed by atoms with Crippen molar-refractivity contribution in [1.29, 1.82) is 0 Å². The number of nitrogens with one attached hydrogen (secondary N) is 1. The standard InChI is InChI=1S/C17H25N3O/c1-5-11-18-13(4)14(6-2)17-19-16(20-21-17)15-10-8-7-9-12(15)3/h7-10,13-14,18H,5-6,11H2,1-4H3. The molecule has 0 spiro atoms. The van der Waals surface area contributed by atoms with Crippen molar-refractivity contribution in [3.8, 4) is 11.4 Å². The first-order chi connectivity index (χ1) is 10.2. The Hall–Kier alpha value is -1.68. The molecule has 1 N–H and O–H groups in total. The third kappa shape index (κ3) is 3.70. The first-order valence-corrected chi connectivity index (χ1v) is 7.80. The van der Waals surface area contributed by atoms with Crippen molar-refractivity contribution in [2.45, 2.75) is 52.5 Å². The molecule has 2 rings (SSSR count). The van der Waals surface area contributed by atoms with Crippen LogP contribution in [0.3, 0.4) is 0 Å². The summed E-state index contributed by atoms with van der Waals surface area (Å²) in [5.41, 5.74) is 2.20. The van der Waals surface area contributed by atoms with E-state index in [1.165, 1.54) is 0 Å². The predicted octanol–water partition coefficient (Wildman–Crippen LogP) is 3.93. The van der Waals surface area contributed by atoms with Crippen molar-refractivity contribution in [2.75, 3.05) is 6.54 Å². The van der Waals surface area contributed by atoms with E-state index in [-0.39, 0.29) is 5.92 Å². The molecular weight excluding hydrogens is 262 g/mol. The van der Waals surface area contributed by atoms with Crippen molar-refractivity contribution in [2.24, 2.45) is 0 Å². The van der Waals surface area contributed by atoms with Gasteiger partial charge in [-0.2, -0.15) is 4.98 Å². The molecule has 2 atom stereocenters. The fourth-order valence-corrected chi connectivity index (χ4v) is 2.58. The highest BCUT2D eigenvalue weighted by Gasteiger charge is 2.23. The molecular formula is C17H25N3O. The molecule has 1 heterocycles. The van der Waals surface area contributed by atoms with Gasteiger partial charge in [-0.05, 0) is 38.8 Å². The highest BCUT2D eigenvalue weighted by Crippen LogP contribution is 2.26. The zero-order valence-electron chi connectivity index (χ0n) is 13.4. The predicted molar refractivity (Wildman–Crippen MR) is 85.3 cm³/mol. The molecule has 0 saturated heterocycles. The molecule has 21 heavy (non-hydrogen) atoms. The number of hydrogen-bond donors (Lipinski definition) is 1. The molecule has 4 nitrogen and oxygen atoms in total. The summed E-state index contributed by atoms with van der Waals surface area (Å²) >= 11 is 0. The van der Waals surface area contributed by atoms with Gasteiger partial charge in [0.25, 0.3) is 0 Å². The summed E-state index contributed by atoms with van der Waals surface area (Å²) in [6.45, 7) is 9.59. The number of aryl methyl sites for hydroxylation is 1. The normalized spacial score (nSPS) is 14.1. The molecule has 0 bridgehead atoms. The van der Waals surface area contributed by atoms with Crippen molar-refractivity contribution in [3.63, 3.8) is 0 Å². The summed E-state index contributed by atoms with van der Waals surface area (Å²) < 4.78 is 5.53. The Morgan fingerprint density at radius 3 is 2.67 bits per heavy atom. The molecule has 0 aliphatic rings. The second-order valence-electron chi connectivity index (χ2n) is 5.53. The van der Waals surface area contributed by atoms with Gasteiger partial charge in [0.2, 0.25) is 11.7 Å². The van der Waals surface area contributed by atoms with Crippen molar-refractivity contribution in [1.82, 2.24) is 15.5 Å². The van der Waals surface area contributed by atoms with E-state index in [9.17, 15) is 0 Å². The third-order valence-electron chi connectivity index (χ3n) is 3.90. The van der Waals surface area contributed by atoms with Crippen molar-refractivity contribution in [3.05, 3.63) is 35.7 Å². The Kier molecular flexibility index (Phi) is 5.51. The zero-order chi connectivity index (χ0) is 15.2. The topological polar surface area (TPSA) is 51.0 Å². The van der Waals surface area contributed by atoms with Crippen LogP contribution in [-0.4, -0.2) is 22.7 Å². The molecule has 2 aromatic rings. The highest BCUT2D eigenvalue weighted by atomic mass is 16.5. The van der Waals surface area contributed by atoms with Gasteiger partial charge in [-0.1, -0.05) is 43.3 Å². The number of nitrogens with zero attached hydrogens (tertiary/aromatic N) is 2. The monoisotopic (exact) mass is 287 g/mol. The van der Waals surface area contributed by atoms with Crippen LogP contribution in [0.15, 0.2) is 28.8 Å². The Bertz CT molecular complexity index is 565. The van der Waals surface area contributed by atoms with Crippen LogP contribution in [0.4, 0.5) is 0 Å². The summed E-state index contributed by atoms with van der Waals surface area (Å²) in [6, 6.07) is 8.45. The van der Waals surface area contributed by atoms with Crippen molar-refractivity contribution >= 4 is 0 Å². The van der Waals surface area contributed by atoms with Gasteiger partial charge in [0.15, 0.2) is 0 Å². The minimum absolute atomic E-state index is 0.252. The summed E-state index contributed by atoms with van der Waals surface area (Å²) in [5.74, 6) is 1.66. The molecule has 0 aliphatic heterocycles. The van der Waals surface area contributed by atoms with Gasteiger partial charge in [-0.25, -0.2) is 0 Å². The fourth-order valence-electron chi connectivity index (χ4n) is 2.58. The maximum Gasteiger partial charge on any atom is 0.231 e. The molecule has 114 valence electrons. The molecule has 0 saturated carbocycles. The van der Waals surface area contributed by atoms with Gasteiger partial charge in [0.05, 0.1) is 5.92 Å². The van der Waals surface area contributed by atoms with Gasteiger partial charge in [-0.15, -0.1) is 0 Å². The second-order valence-corrected chi connectivity index (χ2v) is 5.53. The largest absolute Gasteiger partial charge is 0.339 e. The lowest BCUT2D eigenvalue weighted by atomic mass is 9.98. The zero-order valence-corrected chi connectivity index (χ0v) is 13.4. The van der Waals surface area contributed by atoms with E-state index in [2.05, 4.69) is 49.2 Å². The number of rotatable bonds is 7. The maximum absolute atomic E-state index is 5.53. The van der Waals surface area contributed by atoms with E-state index in [1.54, 1.807) is 0 Å². The number of hydrogen-bond acceptors (Lipinski definition) is 4. The van der Waals surface area contributed by atoms with Gasteiger partial charge < -0.3 is 9.84 Å². The molecule has 1 aromatic heterocycles. The van der Waals surface area contributed by atoms with Crippen molar-refractivity contribution < 1.29 is 4.52 Å². The molecule has 4 heteroatoms. The van der Waals surface area contributed by atoms with Gasteiger partial charge >= 0.3 is 0 Å². The van der Waals surface area contributed by atoms with Crippen LogP contribution in [0, 0.1) is 6.92 Å². The summed E-state index contributed by atoms with van der Waals surface area (Å²) in [4.78, 5) is 4.62. The average molecular weight is 287 g/mol. The Balaban J connectivity index is 2.20. The highest BCUT2D eigenvalue weighted by molar-refractivity contribution is 5.59. The van der Waals surface area contributed by atoms with E-state index < -0.39 is 0 Å². The molecule has 0 radical (unpaired) electrons. The molecule has 0 aliphatic carbocycles. The smallest absolute Gasteiger partial charge is 0.231 e. The van der Waals surface area contributed by atoms with Crippen LogP contribution >= 0.6 is 0 Å². The van der Waals surface area contributed by atoms with Crippen LogP contribution in [0.5, 0.6) is 0 Å². The molecule has 1 aromatic carbocycles. The Morgan fingerprint density at radius 2 is 2.00 bits per heavy atom. The molecule has 0 fully saturated rings. The summed E-state index contributed by atoms with van der Waals surface area (Å²) in [6.07, 6.45) is 2.10. The van der Waals surface area contributed by atoms with Crippen LogP contribution in [0.2, 0.25) is 0 Å². The first kappa shape index (κ1) is 15.7. The third-order valence-corrected chi connectivity index (χ3v) is 3.90. The van der Waals surface area contributed by atoms with E-state index in [4.69, 9.17) is 4.52 Å². The first-order valence-electron chi connectivity index (χ1n) is 7.80. The minimum Gasteiger partial charge on any atom is -0.339 e. The summed E-state index contributed by atoms with van der Waals surface area (Å²) in [7, 11) is 0. The minimum atomic E-state index is 0.252. The lowest BCUT2D eigenvalue weighted by Crippen LogP contribution is -2.32. The van der Waals surface area contributed by atoms with Crippen LogP contribution in [-0.2, 0) is 0 Å². The Morgan fingerprint density at radius 1 is 1.24 bits per heavy atom. The average Bonchev–Trinajstić information content (AvgIpc) is 2.95. The second kappa shape index (κ2) is 7.36. The van der Waals surface area contributed by atoms with Crippen LogP contribution < -0.4 is 5.32 Å². The SMILES string of the molecule is CCCNC(C)C(CC)c1nc(-c2ccccc2C)no1. The van der Waals surface area contributed by atoms with Gasteiger partial charge in [0.1, 0.15) is 0 Å². The van der Waals surface area contributed by atoms with Gasteiger partial charge in [-0.3, -0.25) is 0 Å².